The first-order valence-electron chi connectivity index (χ1n) is 6.49. The van der Waals surface area contributed by atoms with Crippen molar-refractivity contribution >= 4 is 11.8 Å². The summed E-state index contributed by atoms with van der Waals surface area (Å²) in [7, 11) is 0. The van der Waals surface area contributed by atoms with E-state index in [2.05, 4.69) is 6.92 Å². The Kier molecular flexibility index (Phi) is 4.66. The van der Waals surface area contributed by atoms with Crippen molar-refractivity contribution in [3.63, 3.8) is 0 Å². The fraction of sp³-hybridized carbons (Fsp3) is 0.533. The maximum absolute atomic E-state index is 13.7. The zero-order valence-electron chi connectivity index (χ0n) is 10.7. The summed E-state index contributed by atoms with van der Waals surface area (Å²) in [5.41, 5.74) is 1.12. The molecule has 1 nitrogen and oxygen atoms in total. The molecule has 1 saturated carbocycles. The third-order valence-corrected chi connectivity index (χ3v) is 4.92. The fourth-order valence-corrected chi connectivity index (χ4v) is 3.92. The summed E-state index contributed by atoms with van der Waals surface area (Å²) in [6.45, 7) is 2.30. The van der Waals surface area contributed by atoms with Crippen LogP contribution in [0.2, 0.25) is 0 Å². The lowest BCUT2D eigenvalue weighted by Crippen LogP contribution is -2.15. The molecule has 1 aliphatic carbocycles. The molecule has 1 aliphatic rings. The number of hydrogen-bond acceptors (Lipinski definition) is 2. The predicted molar refractivity (Wildman–Crippen MR) is 73.8 cm³/mol. The normalized spacial score (nSPS) is 23.6. The number of nitrogens with zero attached hydrogens (tertiary/aromatic N) is 1. The molecule has 0 aromatic heterocycles. The highest BCUT2D eigenvalue weighted by Gasteiger charge is 2.19. The minimum Gasteiger partial charge on any atom is -0.207 e. The van der Waals surface area contributed by atoms with Crippen LogP contribution in [-0.2, 0) is 5.75 Å². The van der Waals surface area contributed by atoms with Gasteiger partial charge in [-0.05, 0) is 36.5 Å². The Hall–Kier alpha value is -1.01. The largest absolute Gasteiger partial charge is 0.207 e. The molecule has 1 aromatic carbocycles. The number of halogens is 1. The Morgan fingerprint density at radius 2 is 2.28 bits per heavy atom. The molecule has 2 unspecified atom stereocenters. The van der Waals surface area contributed by atoms with Gasteiger partial charge in [0, 0.05) is 11.0 Å². The van der Waals surface area contributed by atoms with E-state index < -0.39 is 0 Å². The quantitative estimate of drug-likeness (QED) is 0.801. The van der Waals surface area contributed by atoms with E-state index in [-0.39, 0.29) is 5.82 Å². The monoisotopic (exact) mass is 263 g/mol. The lowest BCUT2D eigenvalue weighted by atomic mass is 9.91. The topological polar surface area (TPSA) is 23.8 Å². The predicted octanol–water partition coefficient (Wildman–Crippen LogP) is 4.51. The van der Waals surface area contributed by atoms with Crippen LogP contribution in [0.25, 0.3) is 0 Å². The van der Waals surface area contributed by atoms with Gasteiger partial charge in [0.15, 0.2) is 0 Å². The summed E-state index contributed by atoms with van der Waals surface area (Å²) in [6.07, 6.45) is 5.15. The first kappa shape index (κ1) is 13.4. The van der Waals surface area contributed by atoms with Crippen LogP contribution < -0.4 is 0 Å². The maximum atomic E-state index is 13.7. The van der Waals surface area contributed by atoms with Crippen LogP contribution in [0.15, 0.2) is 18.2 Å². The number of benzene rings is 1. The van der Waals surface area contributed by atoms with E-state index in [1.807, 2.05) is 17.8 Å². The van der Waals surface area contributed by atoms with Crippen molar-refractivity contribution in [3.05, 3.63) is 35.1 Å². The molecule has 0 amide bonds. The Balaban J connectivity index is 1.92. The Morgan fingerprint density at radius 1 is 1.44 bits per heavy atom. The van der Waals surface area contributed by atoms with E-state index in [0.717, 1.165) is 17.2 Å². The molecule has 96 valence electrons. The molecular formula is C15H18FNS. The Labute approximate surface area is 112 Å². The second-order valence-electron chi connectivity index (χ2n) is 5.12. The molecule has 0 aliphatic heterocycles. The van der Waals surface area contributed by atoms with Gasteiger partial charge in [0.1, 0.15) is 5.82 Å². The highest BCUT2D eigenvalue weighted by atomic mass is 32.2. The van der Waals surface area contributed by atoms with E-state index in [0.29, 0.717) is 10.8 Å². The minimum atomic E-state index is -0.245. The van der Waals surface area contributed by atoms with Gasteiger partial charge in [0.2, 0.25) is 0 Å². The van der Waals surface area contributed by atoms with Crippen LogP contribution in [0, 0.1) is 23.1 Å². The lowest BCUT2D eigenvalue weighted by molar-refractivity contribution is 0.394. The van der Waals surface area contributed by atoms with Gasteiger partial charge in [-0.1, -0.05) is 25.8 Å². The Morgan fingerprint density at radius 3 is 2.94 bits per heavy atom. The number of thioether (sulfide) groups is 1. The van der Waals surface area contributed by atoms with Crippen LogP contribution >= 0.6 is 11.8 Å². The first-order valence-corrected chi connectivity index (χ1v) is 7.54. The van der Waals surface area contributed by atoms with Crippen molar-refractivity contribution in [2.45, 2.75) is 43.6 Å². The number of hydrogen-bond donors (Lipinski definition) is 0. The molecule has 0 N–H and O–H groups in total. The lowest BCUT2D eigenvalue weighted by Gasteiger charge is -2.26. The first-order chi connectivity index (χ1) is 8.69. The van der Waals surface area contributed by atoms with Gasteiger partial charge in [-0.15, -0.1) is 0 Å². The van der Waals surface area contributed by atoms with Crippen molar-refractivity contribution in [2.24, 2.45) is 5.92 Å². The zero-order valence-corrected chi connectivity index (χ0v) is 11.5. The highest BCUT2D eigenvalue weighted by molar-refractivity contribution is 7.99. The molecule has 2 rings (SSSR count). The minimum absolute atomic E-state index is 0.245. The van der Waals surface area contributed by atoms with Crippen molar-refractivity contribution in [1.29, 1.82) is 5.26 Å². The zero-order chi connectivity index (χ0) is 13.0. The van der Waals surface area contributed by atoms with E-state index >= 15 is 0 Å². The SMILES string of the molecule is CC1CCCC(SCc2ccc(C#N)cc2F)C1. The van der Waals surface area contributed by atoms with Gasteiger partial charge < -0.3 is 0 Å². The fourth-order valence-electron chi connectivity index (χ4n) is 2.47. The van der Waals surface area contributed by atoms with Crippen LogP contribution in [0.5, 0.6) is 0 Å². The summed E-state index contributed by atoms with van der Waals surface area (Å²) in [6, 6.07) is 6.73. The molecule has 1 aromatic rings. The van der Waals surface area contributed by atoms with Crippen LogP contribution in [0.3, 0.4) is 0 Å². The molecule has 18 heavy (non-hydrogen) atoms. The number of rotatable bonds is 3. The molecule has 0 saturated heterocycles. The summed E-state index contributed by atoms with van der Waals surface area (Å²) in [5.74, 6) is 1.28. The molecule has 1 fully saturated rings. The van der Waals surface area contributed by atoms with Gasteiger partial charge >= 0.3 is 0 Å². The number of nitriles is 1. The average molecular weight is 263 g/mol. The van der Waals surface area contributed by atoms with Crippen LogP contribution in [-0.4, -0.2) is 5.25 Å². The molecule has 0 radical (unpaired) electrons. The van der Waals surface area contributed by atoms with Gasteiger partial charge in [-0.2, -0.15) is 17.0 Å². The summed E-state index contributed by atoms with van der Waals surface area (Å²) >= 11 is 1.86. The van der Waals surface area contributed by atoms with E-state index in [4.69, 9.17) is 5.26 Å². The average Bonchev–Trinajstić information content (AvgIpc) is 2.37. The van der Waals surface area contributed by atoms with Crippen LogP contribution in [0.4, 0.5) is 4.39 Å². The van der Waals surface area contributed by atoms with E-state index in [1.54, 1.807) is 12.1 Å². The molecule has 0 bridgehead atoms. The van der Waals surface area contributed by atoms with Gasteiger partial charge in [-0.25, -0.2) is 4.39 Å². The summed E-state index contributed by atoms with van der Waals surface area (Å²) < 4.78 is 13.7. The van der Waals surface area contributed by atoms with Crippen molar-refractivity contribution in [2.75, 3.05) is 0 Å². The van der Waals surface area contributed by atoms with Crippen molar-refractivity contribution in [3.8, 4) is 6.07 Å². The second-order valence-corrected chi connectivity index (χ2v) is 6.41. The highest BCUT2D eigenvalue weighted by Crippen LogP contribution is 2.33. The van der Waals surface area contributed by atoms with Crippen LogP contribution in [0.1, 0.15) is 43.7 Å². The molecule has 3 heteroatoms. The van der Waals surface area contributed by atoms with Gasteiger partial charge in [-0.3, -0.25) is 0 Å². The Bertz CT molecular complexity index is 452. The van der Waals surface area contributed by atoms with Crippen molar-refractivity contribution in [1.82, 2.24) is 0 Å². The standard InChI is InChI=1S/C15H18FNS/c1-11-3-2-4-14(7-11)18-10-13-6-5-12(9-17)8-15(13)16/h5-6,8,11,14H,2-4,7,10H2,1H3. The smallest absolute Gasteiger partial charge is 0.128 e. The summed E-state index contributed by atoms with van der Waals surface area (Å²) in [5, 5.41) is 9.36. The van der Waals surface area contributed by atoms with Gasteiger partial charge in [0.25, 0.3) is 0 Å². The molecular weight excluding hydrogens is 245 g/mol. The third kappa shape index (κ3) is 3.49. The molecule has 0 spiro atoms. The summed E-state index contributed by atoms with van der Waals surface area (Å²) in [4.78, 5) is 0. The molecule has 0 heterocycles. The van der Waals surface area contributed by atoms with Gasteiger partial charge in [0.05, 0.1) is 11.6 Å². The second kappa shape index (κ2) is 6.24. The third-order valence-electron chi connectivity index (χ3n) is 3.54. The maximum Gasteiger partial charge on any atom is 0.128 e. The molecule has 2 atom stereocenters. The van der Waals surface area contributed by atoms with Crippen molar-refractivity contribution < 1.29 is 4.39 Å². The van der Waals surface area contributed by atoms with E-state index in [1.165, 1.54) is 31.7 Å². The van der Waals surface area contributed by atoms with E-state index in [9.17, 15) is 4.39 Å².